The van der Waals surface area contributed by atoms with Crippen LogP contribution in [0.2, 0.25) is 0 Å². The van der Waals surface area contributed by atoms with Gasteiger partial charge in [0, 0.05) is 42.1 Å². The summed E-state index contributed by atoms with van der Waals surface area (Å²) in [5, 5.41) is 6.85. The second-order valence-electron chi connectivity index (χ2n) is 11.5. The lowest BCUT2D eigenvalue weighted by Gasteiger charge is -2.41. The number of benzene rings is 1. The maximum absolute atomic E-state index is 13.0. The van der Waals surface area contributed by atoms with Gasteiger partial charge in [0.05, 0.1) is 23.4 Å². The first-order chi connectivity index (χ1) is 18.0. The second-order valence-corrected chi connectivity index (χ2v) is 12.6. The molecule has 1 saturated heterocycles. The van der Waals surface area contributed by atoms with E-state index in [1.54, 1.807) is 24.8 Å². The zero-order valence-corrected chi connectivity index (χ0v) is 24.0. The Hall–Kier alpha value is -3.17. The molecule has 0 bridgehead atoms. The van der Waals surface area contributed by atoms with Crippen LogP contribution in [0.5, 0.6) is 5.75 Å². The molecule has 9 heteroatoms. The predicted octanol–water partition coefficient (Wildman–Crippen LogP) is 5.23. The van der Waals surface area contributed by atoms with Gasteiger partial charge >= 0.3 is 6.03 Å². The summed E-state index contributed by atoms with van der Waals surface area (Å²) in [6, 6.07) is 9.86. The Balaban J connectivity index is 1.27. The summed E-state index contributed by atoms with van der Waals surface area (Å²) in [6.45, 7) is 13.7. The molecule has 1 fully saturated rings. The van der Waals surface area contributed by atoms with E-state index in [9.17, 15) is 4.79 Å². The molecule has 0 radical (unpaired) electrons. The van der Waals surface area contributed by atoms with Crippen molar-refractivity contribution < 1.29 is 9.53 Å². The molecular weight excluding hydrogens is 496 g/mol. The summed E-state index contributed by atoms with van der Waals surface area (Å²) >= 11 is 1.78. The topological polar surface area (TPSA) is 82.6 Å². The van der Waals surface area contributed by atoms with E-state index < -0.39 is 0 Å². The van der Waals surface area contributed by atoms with E-state index in [1.165, 1.54) is 10.5 Å². The van der Waals surface area contributed by atoms with Gasteiger partial charge in [-0.3, -0.25) is 0 Å². The van der Waals surface area contributed by atoms with Gasteiger partial charge in [0.15, 0.2) is 0 Å². The normalized spacial score (nSPS) is 19.7. The zero-order chi connectivity index (χ0) is 27.1. The van der Waals surface area contributed by atoms with Crippen LogP contribution < -0.4 is 20.3 Å². The molecule has 38 heavy (non-hydrogen) atoms. The average molecular weight is 535 g/mol. The Kier molecular flexibility index (Phi) is 7.09. The Morgan fingerprint density at radius 3 is 2.61 bits per heavy atom. The summed E-state index contributed by atoms with van der Waals surface area (Å²) in [7, 11) is 1.65. The maximum Gasteiger partial charge on any atom is 0.317 e. The molecule has 2 aromatic heterocycles. The lowest BCUT2D eigenvalue weighted by atomic mass is 9.83. The molecule has 4 heterocycles. The van der Waals surface area contributed by atoms with Crippen LogP contribution in [0.4, 0.5) is 10.6 Å². The molecule has 202 valence electrons. The van der Waals surface area contributed by atoms with Crippen LogP contribution in [-0.4, -0.2) is 65.3 Å². The number of rotatable bonds is 5. The average Bonchev–Trinajstić information content (AvgIpc) is 3.32. The Labute approximate surface area is 229 Å². The van der Waals surface area contributed by atoms with Crippen LogP contribution in [0.15, 0.2) is 42.7 Å². The highest BCUT2D eigenvalue weighted by Crippen LogP contribution is 2.40. The molecule has 0 unspecified atom stereocenters. The van der Waals surface area contributed by atoms with E-state index >= 15 is 0 Å². The number of aromatic nitrogens is 2. The molecule has 5 rings (SSSR count). The lowest BCUT2D eigenvalue weighted by molar-refractivity contribution is 0.191. The van der Waals surface area contributed by atoms with Gasteiger partial charge in [-0.2, -0.15) is 0 Å². The van der Waals surface area contributed by atoms with Crippen molar-refractivity contribution in [1.82, 2.24) is 25.5 Å². The van der Waals surface area contributed by atoms with Crippen molar-refractivity contribution in [1.29, 1.82) is 0 Å². The zero-order valence-electron chi connectivity index (χ0n) is 23.2. The predicted molar refractivity (Wildman–Crippen MR) is 155 cm³/mol. The minimum absolute atomic E-state index is 0.0270. The minimum atomic E-state index is -0.110. The number of nitrogens with one attached hydrogen (secondary N) is 2. The number of ether oxygens (including phenoxy) is 1. The Morgan fingerprint density at radius 2 is 1.89 bits per heavy atom. The van der Waals surface area contributed by atoms with Crippen molar-refractivity contribution in [2.45, 2.75) is 58.2 Å². The molecule has 2 N–H and O–H groups in total. The number of thiophene rings is 1. The summed E-state index contributed by atoms with van der Waals surface area (Å²) < 4.78 is 6.43. The number of urea groups is 1. The molecule has 3 aromatic rings. The van der Waals surface area contributed by atoms with E-state index in [4.69, 9.17) is 4.74 Å². The third-order valence-electron chi connectivity index (χ3n) is 7.24. The van der Waals surface area contributed by atoms with Gasteiger partial charge in [0.2, 0.25) is 0 Å². The SMILES string of the molecule is COc1cccc([C@H](C)NC(=O)N2CCN(c3ncnc4cc(C5=CC(C)(C)NC(C)(C)C5)sc34)CC2)c1. The highest BCUT2D eigenvalue weighted by Gasteiger charge is 2.33. The first kappa shape index (κ1) is 26.4. The highest BCUT2D eigenvalue weighted by atomic mass is 32.1. The van der Waals surface area contributed by atoms with E-state index in [0.717, 1.165) is 46.9 Å². The van der Waals surface area contributed by atoms with Crippen LogP contribution in [0.25, 0.3) is 15.8 Å². The summed E-state index contributed by atoms with van der Waals surface area (Å²) in [5.41, 5.74) is 3.32. The molecule has 8 nitrogen and oxygen atoms in total. The number of hydrogen-bond donors (Lipinski definition) is 2. The Morgan fingerprint density at radius 1 is 1.13 bits per heavy atom. The van der Waals surface area contributed by atoms with Crippen molar-refractivity contribution >= 4 is 39.0 Å². The van der Waals surface area contributed by atoms with Gasteiger partial charge in [-0.25, -0.2) is 14.8 Å². The summed E-state index contributed by atoms with van der Waals surface area (Å²) in [4.78, 5) is 27.7. The Bertz CT molecular complexity index is 1360. The number of piperazine rings is 1. The molecule has 2 aliphatic rings. The maximum atomic E-state index is 13.0. The van der Waals surface area contributed by atoms with Gasteiger partial charge in [-0.1, -0.05) is 18.2 Å². The number of anilines is 1. The van der Waals surface area contributed by atoms with E-state index in [2.05, 4.69) is 65.3 Å². The van der Waals surface area contributed by atoms with Crippen molar-refractivity contribution in [3.8, 4) is 5.75 Å². The molecular formula is C29H38N6O2S. The molecule has 1 atom stereocenters. The fourth-order valence-electron chi connectivity index (χ4n) is 5.69. The number of carbonyl (C=O) groups excluding carboxylic acids is 1. The number of nitrogens with zero attached hydrogens (tertiary/aromatic N) is 4. The fraction of sp³-hybridized carbons (Fsp3) is 0.483. The van der Waals surface area contributed by atoms with Crippen molar-refractivity contribution in [3.63, 3.8) is 0 Å². The summed E-state index contributed by atoms with van der Waals surface area (Å²) in [5.74, 6) is 1.75. The van der Waals surface area contributed by atoms with Gasteiger partial charge in [0.1, 0.15) is 17.9 Å². The minimum Gasteiger partial charge on any atom is -0.497 e. The first-order valence-electron chi connectivity index (χ1n) is 13.2. The van der Waals surface area contributed by atoms with Gasteiger partial charge in [-0.15, -0.1) is 11.3 Å². The molecule has 0 saturated carbocycles. The molecule has 0 aliphatic carbocycles. The number of amides is 2. The van der Waals surface area contributed by atoms with Crippen molar-refractivity contribution in [2.75, 3.05) is 38.2 Å². The molecule has 1 aromatic carbocycles. The van der Waals surface area contributed by atoms with E-state index in [-0.39, 0.29) is 23.2 Å². The molecule has 0 spiro atoms. The standard InChI is InChI=1S/C29H38N6O2S/c1-19(20-8-7-9-22(14-20)37-6)32-27(36)35-12-10-34(11-13-35)26-25-23(30-18-31-26)15-24(38-25)21-16-28(2,3)33-29(4,5)17-21/h7-9,14-16,18-19,33H,10-13,17H2,1-6H3,(H,32,36)/t19-/m0/s1. The number of fused-ring (bicyclic) bond motifs is 1. The van der Waals surface area contributed by atoms with Gasteiger partial charge in [-0.05, 0) is 70.4 Å². The molecule has 2 aliphatic heterocycles. The quantitative estimate of drug-likeness (QED) is 0.467. The second kappa shape index (κ2) is 10.2. The number of carbonyl (C=O) groups is 1. The van der Waals surface area contributed by atoms with Gasteiger partial charge in [0.25, 0.3) is 0 Å². The van der Waals surface area contributed by atoms with E-state index in [1.807, 2.05) is 36.1 Å². The third-order valence-corrected chi connectivity index (χ3v) is 8.43. The summed E-state index contributed by atoms with van der Waals surface area (Å²) in [6.07, 6.45) is 4.97. The van der Waals surface area contributed by atoms with Crippen LogP contribution in [0.3, 0.4) is 0 Å². The largest absolute Gasteiger partial charge is 0.497 e. The smallest absolute Gasteiger partial charge is 0.317 e. The number of hydrogen-bond acceptors (Lipinski definition) is 7. The van der Waals surface area contributed by atoms with Crippen molar-refractivity contribution in [2.24, 2.45) is 0 Å². The monoisotopic (exact) mass is 534 g/mol. The van der Waals surface area contributed by atoms with Crippen LogP contribution >= 0.6 is 11.3 Å². The van der Waals surface area contributed by atoms with Crippen LogP contribution in [0, 0.1) is 0 Å². The number of methoxy groups -OCH3 is 1. The van der Waals surface area contributed by atoms with Crippen LogP contribution in [0.1, 0.15) is 57.5 Å². The fourth-order valence-corrected chi connectivity index (χ4v) is 6.83. The highest BCUT2D eigenvalue weighted by molar-refractivity contribution is 7.20. The third kappa shape index (κ3) is 5.63. The first-order valence-corrected chi connectivity index (χ1v) is 14.1. The van der Waals surface area contributed by atoms with Crippen molar-refractivity contribution in [3.05, 3.63) is 53.2 Å². The van der Waals surface area contributed by atoms with Crippen LogP contribution in [-0.2, 0) is 0 Å². The van der Waals surface area contributed by atoms with E-state index in [0.29, 0.717) is 13.1 Å². The molecule has 2 amide bonds. The van der Waals surface area contributed by atoms with Gasteiger partial charge < -0.3 is 25.2 Å². The lowest BCUT2D eigenvalue weighted by Crippen LogP contribution is -2.53.